The first-order valence-electron chi connectivity index (χ1n) is 8.06. The van der Waals surface area contributed by atoms with Gasteiger partial charge in [0.15, 0.2) is 5.78 Å². The SMILES string of the molecule is CC(C)(CC(=O)c1ccccc1)Cc1nc([C@@H]2CCCO2)no1. The number of carbonyl (C=O) groups is 1. The minimum Gasteiger partial charge on any atom is -0.370 e. The molecule has 5 heteroatoms. The maximum atomic E-state index is 12.4. The average molecular weight is 314 g/mol. The van der Waals surface area contributed by atoms with Crippen LogP contribution in [-0.4, -0.2) is 22.5 Å². The molecule has 1 aromatic heterocycles. The number of aromatic nitrogens is 2. The zero-order valence-corrected chi connectivity index (χ0v) is 13.6. The fourth-order valence-corrected chi connectivity index (χ4v) is 2.88. The fraction of sp³-hybridized carbons (Fsp3) is 0.500. The lowest BCUT2D eigenvalue weighted by Crippen LogP contribution is -2.20. The molecule has 2 heterocycles. The van der Waals surface area contributed by atoms with Crippen LogP contribution in [0.5, 0.6) is 0 Å². The smallest absolute Gasteiger partial charge is 0.227 e. The number of ketones is 1. The molecule has 0 unspecified atom stereocenters. The van der Waals surface area contributed by atoms with Crippen molar-refractivity contribution in [3.63, 3.8) is 0 Å². The number of ether oxygens (including phenoxy) is 1. The second-order valence-electron chi connectivity index (χ2n) is 6.85. The Hall–Kier alpha value is -2.01. The molecule has 0 bridgehead atoms. The number of carbonyl (C=O) groups excluding carboxylic acids is 1. The normalized spacial score (nSPS) is 18.3. The van der Waals surface area contributed by atoms with Crippen molar-refractivity contribution in [2.75, 3.05) is 6.61 Å². The second kappa shape index (κ2) is 6.62. The van der Waals surface area contributed by atoms with Crippen molar-refractivity contribution in [3.05, 3.63) is 47.6 Å². The van der Waals surface area contributed by atoms with Gasteiger partial charge in [-0.2, -0.15) is 4.98 Å². The van der Waals surface area contributed by atoms with Crippen molar-refractivity contribution in [3.8, 4) is 0 Å². The number of hydrogen-bond acceptors (Lipinski definition) is 5. The summed E-state index contributed by atoms with van der Waals surface area (Å²) < 4.78 is 10.9. The Labute approximate surface area is 136 Å². The molecule has 0 N–H and O–H groups in total. The van der Waals surface area contributed by atoms with Crippen molar-refractivity contribution >= 4 is 5.78 Å². The molecule has 1 atom stereocenters. The summed E-state index contributed by atoms with van der Waals surface area (Å²) >= 11 is 0. The monoisotopic (exact) mass is 314 g/mol. The first-order valence-corrected chi connectivity index (χ1v) is 8.06. The van der Waals surface area contributed by atoms with E-state index in [0.29, 0.717) is 24.6 Å². The Morgan fingerprint density at radius 1 is 1.30 bits per heavy atom. The van der Waals surface area contributed by atoms with Crippen LogP contribution in [-0.2, 0) is 11.2 Å². The quantitative estimate of drug-likeness (QED) is 0.759. The van der Waals surface area contributed by atoms with E-state index < -0.39 is 0 Å². The van der Waals surface area contributed by atoms with E-state index >= 15 is 0 Å². The summed E-state index contributed by atoms with van der Waals surface area (Å²) in [5.41, 5.74) is 0.499. The van der Waals surface area contributed by atoms with Gasteiger partial charge >= 0.3 is 0 Å². The van der Waals surface area contributed by atoms with Crippen molar-refractivity contribution in [2.45, 2.75) is 45.6 Å². The van der Waals surface area contributed by atoms with Gasteiger partial charge in [0.25, 0.3) is 0 Å². The van der Waals surface area contributed by atoms with Crippen LogP contribution in [0.3, 0.4) is 0 Å². The van der Waals surface area contributed by atoms with E-state index in [9.17, 15) is 4.79 Å². The van der Waals surface area contributed by atoms with E-state index in [1.54, 1.807) is 0 Å². The molecule has 1 aliphatic heterocycles. The number of nitrogens with zero attached hydrogens (tertiary/aromatic N) is 2. The molecule has 0 spiro atoms. The molecular weight excluding hydrogens is 292 g/mol. The Kier molecular flexibility index (Phi) is 4.57. The van der Waals surface area contributed by atoms with Crippen LogP contribution in [0.25, 0.3) is 0 Å². The van der Waals surface area contributed by atoms with Gasteiger partial charge in [0, 0.05) is 25.0 Å². The average Bonchev–Trinajstić information content (AvgIpc) is 3.18. The number of hydrogen-bond donors (Lipinski definition) is 0. The summed E-state index contributed by atoms with van der Waals surface area (Å²) in [5, 5.41) is 4.02. The van der Waals surface area contributed by atoms with Crippen LogP contribution in [0.2, 0.25) is 0 Å². The van der Waals surface area contributed by atoms with Crippen LogP contribution >= 0.6 is 0 Å². The summed E-state index contributed by atoms with van der Waals surface area (Å²) in [7, 11) is 0. The molecule has 1 aromatic carbocycles. The predicted octanol–water partition coefficient (Wildman–Crippen LogP) is 3.76. The van der Waals surface area contributed by atoms with Gasteiger partial charge in [-0.3, -0.25) is 4.79 Å². The first kappa shape index (κ1) is 15.9. The summed E-state index contributed by atoms with van der Waals surface area (Å²) in [4.78, 5) is 16.8. The fourth-order valence-electron chi connectivity index (χ4n) is 2.88. The Morgan fingerprint density at radius 2 is 2.09 bits per heavy atom. The van der Waals surface area contributed by atoms with E-state index in [0.717, 1.165) is 25.0 Å². The third kappa shape index (κ3) is 4.05. The zero-order valence-electron chi connectivity index (χ0n) is 13.6. The molecule has 1 aliphatic rings. The zero-order chi connectivity index (χ0) is 16.3. The van der Waals surface area contributed by atoms with Gasteiger partial charge in [-0.05, 0) is 18.3 Å². The number of Topliss-reactive ketones (excluding diaryl/α,β-unsaturated/α-hetero) is 1. The highest BCUT2D eigenvalue weighted by molar-refractivity contribution is 5.96. The molecule has 122 valence electrons. The second-order valence-corrected chi connectivity index (χ2v) is 6.85. The highest BCUT2D eigenvalue weighted by Gasteiger charge is 2.28. The van der Waals surface area contributed by atoms with Crippen LogP contribution in [0.15, 0.2) is 34.9 Å². The molecule has 0 radical (unpaired) electrons. The summed E-state index contributed by atoms with van der Waals surface area (Å²) in [6.45, 7) is 4.85. The largest absolute Gasteiger partial charge is 0.370 e. The lowest BCUT2D eigenvalue weighted by Gasteiger charge is -2.21. The van der Waals surface area contributed by atoms with Gasteiger partial charge in [0.05, 0.1) is 0 Å². The van der Waals surface area contributed by atoms with E-state index in [1.807, 2.05) is 44.2 Å². The van der Waals surface area contributed by atoms with Gasteiger partial charge in [-0.25, -0.2) is 0 Å². The van der Waals surface area contributed by atoms with Gasteiger partial charge in [0.1, 0.15) is 6.10 Å². The molecule has 3 rings (SSSR count). The Bertz CT molecular complexity index is 658. The van der Waals surface area contributed by atoms with Crippen LogP contribution in [0.1, 0.15) is 61.3 Å². The third-order valence-corrected chi connectivity index (χ3v) is 4.07. The molecule has 2 aromatic rings. The van der Waals surface area contributed by atoms with E-state index in [2.05, 4.69) is 10.1 Å². The van der Waals surface area contributed by atoms with Crippen molar-refractivity contribution in [2.24, 2.45) is 5.41 Å². The molecule has 1 fully saturated rings. The predicted molar refractivity (Wildman–Crippen MR) is 85.1 cm³/mol. The van der Waals surface area contributed by atoms with E-state index in [1.165, 1.54) is 0 Å². The number of benzene rings is 1. The summed E-state index contributed by atoms with van der Waals surface area (Å²) in [6.07, 6.45) is 2.95. The Morgan fingerprint density at radius 3 is 2.78 bits per heavy atom. The van der Waals surface area contributed by atoms with Crippen LogP contribution in [0.4, 0.5) is 0 Å². The highest BCUT2D eigenvalue weighted by Crippen LogP contribution is 2.30. The van der Waals surface area contributed by atoms with Crippen LogP contribution < -0.4 is 0 Å². The minimum absolute atomic E-state index is 0.0402. The number of rotatable bonds is 6. The third-order valence-electron chi connectivity index (χ3n) is 4.07. The first-order chi connectivity index (χ1) is 11.0. The van der Waals surface area contributed by atoms with Gasteiger partial charge in [-0.1, -0.05) is 49.3 Å². The molecule has 1 saturated heterocycles. The Balaban J connectivity index is 1.63. The van der Waals surface area contributed by atoms with E-state index in [-0.39, 0.29) is 17.3 Å². The van der Waals surface area contributed by atoms with Crippen LogP contribution in [0, 0.1) is 5.41 Å². The van der Waals surface area contributed by atoms with Gasteiger partial charge in [0.2, 0.25) is 11.7 Å². The highest BCUT2D eigenvalue weighted by atomic mass is 16.5. The lowest BCUT2D eigenvalue weighted by molar-refractivity contribution is 0.0926. The summed E-state index contributed by atoms with van der Waals surface area (Å²) in [5.74, 6) is 1.33. The van der Waals surface area contributed by atoms with Crippen molar-refractivity contribution in [1.29, 1.82) is 0 Å². The van der Waals surface area contributed by atoms with Gasteiger partial charge in [-0.15, -0.1) is 0 Å². The molecule has 5 nitrogen and oxygen atoms in total. The molecular formula is C18H22N2O3. The van der Waals surface area contributed by atoms with Crippen molar-refractivity contribution in [1.82, 2.24) is 10.1 Å². The van der Waals surface area contributed by atoms with E-state index in [4.69, 9.17) is 9.26 Å². The minimum atomic E-state index is -0.243. The maximum absolute atomic E-state index is 12.4. The van der Waals surface area contributed by atoms with Gasteiger partial charge < -0.3 is 9.26 Å². The topological polar surface area (TPSA) is 65.2 Å². The molecule has 0 aliphatic carbocycles. The lowest BCUT2D eigenvalue weighted by atomic mass is 9.82. The standard InChI is InChI=1S/C18H22N2O3/c1-18(2,11-14(21)13-7-4-3-5-8-13)12-16-19-17(20-23-16)15-9-6-10-22-15/h3-5,7-8,15H,6,9-12H2,1-2H3/t15-/m0/s1. The summed E-state index contributed by atoms with van der Waals surface area (Å²) in [6, 6.07) is 9.37. The molecule has 0 amide bonds. The molecule has 0 saturated carbocycles. The van der Waals surface area contributed by atoms with Crippen molar-refractivity contribution < 1.29 is 14.1 Å². The molecule has 23 heavy (non-hydrogen) atoms. The maximum Gasteiger partial charge on any atom is 0.227 e.